The molecule has 1 amide bonds. The molecule has 2 aromatic carbocycles. The molecule has 7 nitrogen and oxygen atoms in total. The number of rotatable bonds is 8. The number of hydrogen-bond acceptors (Lipinski definition) is 6. The Hall–Kier alpha value is -3.17. The van der Waals surface area contributed by atoms with Crippen LogP contribution in [0.1, 0.15) is 20.8 Å². The highest BCUT2D eigenvalue weighted by Gasteiger charge is 2.21. The van der Waals surface area contributed by atoms with Crippen LogP contribution in [0.2, 0.25) is 0 Å². The lowest BCUT2D eigenvalue weighted by atomic mass is 10.2. The van der Waals surface area contributed by atoms with Gasteiger partial charge in [0.2, 0.25) is 0 Å². The highest BCUT2D eigenvalue weighted by atomic mass is 32.2. The van der Waals surface area contributed by atoms with Gasteiger partial charge in [-0.3, -0.25) is 9.10 Å². The van der Waals surface area contributed by atoms with E-state index in [9.17, 15) is 18.0 Å². The number of anilines is 1. The van der Waals surface area contributed by atoms with Crippen LogP contribution in [0.15, 0.2) is 70.9 Å². The summed E-state index contributed by atoms with van der Waals surface area (Å²) in [5.74, 6) is -0.967. The summed E-state index contributed by atoms with van der Waals surface area (Å²) in [5, 5.41) is 1.93. The Bertz CT molecular complexity index is 1170. The number of nitrogens with zero attached hydrogens (tertiary/aromatic N) is 2. The van der Waals surface area contributed by atoms with Crippen molar-refractivity contribution in [2.75, 3.05) is 25.0 Å². The molecule has 1 aromatic heterocycles. The molecule has 0 N–H and O–H groups in total. The average Bonchev–Trinajstić information content (AvgIpc) is 3.30. The SMILES string of the molecule is Cc1ccc(S(=O)(=O)N(C)c2ccc(C(=O)OCC(=O)N(C)Cc3cccs3)cc2)cc1. The van der Waals surface area contributed by atoms with E-state index in [1.807, 2.05) is 24.4 Å². The van der Waals surface area contributed by atoms with Crippen LogP contribution < -0.4 is 4.31 Å². The smallest absolute Gasteiger partial charge is 0.338 e. The minimum atomic E-state index is -3.73. The highest BCUT2D eigenvalue weighted by Crippen LogP contribution is 2.23. The van der Waals surface area contributed by atoms with Crippen LogP contribution in [0.3, 0.4) is 0 Å². The molecule has 0 saturated heterocycles. The molecule has 0 aliphatic rings. The number of ether oxygens (including phenoxy) is 1. The maximum absolute atomic E-state index is 12.8. The Morgan fingerprint density at radius 2 is 1.62 bits per heavy atom. The van der Waals surface area contributed by atoms with E-state index in [1.54, 1.807) is 42.6 Å². The Balaban J connectivity index is 1.60. The van der Waals surface area contributed by atoms with Crippen LogP contribution in [0.25, 0.3) is 0 Å². The first-order valence-corrected chi connectivity index (χ1v) is 12.1. The van der Waals surface area contributed by atoms with E-state index >= 15 is 0 Å². The van der Waals surface area contributed by atoms with Crippen molar-refractivity contribution in [2.45, 2.75) is 18.4 Å². The van der Waals surface area contributed by atoms with Crippen LogP contribution in [0, 0.1) is 6.92 Å². The van der Waals surface area contributed by atoms with Gasteiger partial charge in [-0.25, -0.2) is 13.2 Å². The van der Waals surface area contributed by atoms with Gasteiger partial charge in [0.1, 0.15) is 0 Å². The minimum absolute atomic E-state index is 0.180. The maximum Gasteiger partial charge on any atom is 0.338 e. The molecule has 3 aromatic rings. The lowest BCUT2D eigenvalue weighted by Gasteiger charge is -2.20. The van der Waals surface area contributed by atoms with Gasteiger partial charge >= 0.3 is 5.97 Å². The molecule has 0 atom stereocenters. The maximum atomic E-state index is 12.8. The molecular formula is C23H24N2O5S2. The van der Waals surface area contributed by atoms with Crippen molar-refractivity contribution in [3.63, 3.8) is 0 Å². The normalized spacial score (nSPS) is 11.1. The first-order valence-electron chi connectivity index (χ1n) is 9.77. The van der Waals surface area contributed by atoms with E-state index < -0.39 is 16.0 Å². The molecular weight excluding hydrogens is 448 g/mol. The molecule has 1 heterocycles. The Morgan fingerprint density at radius 1 is 0.969 bits per heavy atom. The van der Waals surface area contributed by atoms with Crippen LogP contribution in [0.5, 0.6) is 0 Å². The average molecular weight is 473 g/mol. The largest absolute Gasteiger partial charge is 0.452 e. The summed E-state index contributed by atoms with van der Waals surface area (Å²) in [4.78, 5) is 27.2. The number of carbonyl (C=O) groups is 2. The van der Waals surface area contributed by atoms with Crippen molar-refractivity contribution in [1.29, 1.82) is 0 Å². The molecule has 0 fully saturated rings. The zero-order valence-electron chi connectivity index (χ0n) is 18.0. The third kappa shape index (κ3) is 5.54. The number of benzene rings is 2. The predicted molar refractivity (Wildman–Crippen MR) is 124 cm³/mol. The molecule has 168 valence electrons. The lowest BCUT2D eigenvalue weighted by Crippen LogP contribution is -2.30. The van der Waals surface area contributed by atoms with E-state index in [4.69, 9.17) is 4.74 Å². The molecule has 0 bridgehead atoms. The number of likely N-dealkylation sites (N-methyl/N-ethyl adjacent to an activating group) is 1. The predicted octanol–water partition coefficient (Wildman–Crippen LogP) is 3.70. The molecule has 3 rings (SSSR count). The van der Waals surface area contributed by atoms with E-state index in [0.29, 0.717) is 12.2 Å². The van der Waals surface area contributed by atoms with Gasteiger partial charge in [-0.2, -0.15) is 0 Å². The van der Waals surface area contributed by atoms with Crippen molar-refractivity contribution in [1.82, 2.24) is 4.90 Å². The number of amides is 1. The summed E-state index contributed by atoms with van der Waals surface area (Å²) in [5.41, 5.74) is 1.59. The van der Waals surface area contributed by atoms with Gasteiger partial charge in [0, 0.05) is 19.0 Å². The Kier molecular flexibility index (Phi) is 7.32. The summed E-state index contributed by atoms with van der Waals surface area (Å²) in [6.45, 7) is 1.96. The van der Waals surface area contributed by atoms with E-state index in [2.05, 4.69) is 0 Å². The zero-order valence-corrected chi connectivity index (χ0v) is 19.7. The van der Waals surface area contributed by atoms with Gasteiger partial charge in [-0.1, -0.05) is 23.8 Å². The van der Waals surface area contributed by atoms with Gasteiger partial charge in [-0.05, 0) is 54.8 Å². The Morgan fingerprint density at radius 3 is 2.22 bits per heavy atom. The van der Waals surface area contributed by atoms with Gasteiger partial charge in [-0.15, -0.1) is 11.3 Å². The van der Waals surface area contributed by atoms with Gasteiger partial charge in [0.25, 0.3) is 15.9 Å². The fourth-order valence-corrected chi connectivity index (χ4v) is 4.81. The van der Waals surface area contributed by atoms with E-state index in [1.165, 1.54) is 36.2 Å². The Labute approximate surface area is 191 Å². The summed E-state index contributed by atoms with van der Waals surface area (Å²) in [7, 11) is -0.630. The van der Waals surface area contributed by atoms with E-state index in [0.717, 1.165) is 14.7 Å². The summed E-state index contributed by atoms with van der Waals surface area (Å²) in [6, 6.07) is 16.4. The third-order valence-corrected chi connectivity index (χ3v) is 7.53. The molecule has 0 aliphatic carbocycles. The van der Waals surface area contributed by atoms with Gasteiger partial charge in [0.05, 0.1) is 22.7 Å². The minimum Gasteiger partial charge on any atom is -0.452 e. The second kappa shape index (κ2) is 9.97. The zero-order chi connectivity index (χ0) is 23.3. The van der Waals surface area contributed by atoms with Crippen molar-refractivity contribution >= 4 is 38.9 Å². The number of esters is 1. The number of aryl methyl sites for hydroxylation is 1. The van der Waals surface area contributed by atoms with Crippen LogP contribution in [-0.4, -0.2) is 45.9 Å². The number of hydrogen-bond donors (Lipinski definition) is 0. The first kappa shape index (κ1) is 23.5. The van der Waals surface area contributed by atoms with Gasteiger partial charge in [0.15, 0.2) is 6.61 Å². The molecule has 0 aliphatic heterocycles. The molecule has 0 unspecified atom stereocenters. The second-order valence-corrected chi connectivity index (χ2v) is 10.2. The lowest BCUT2D eigenvalue weighted by molar-refractivity contribution is -0.133. The first-order chi connectivity index (χ1) is 15.2. The van der Waals surface area contributed by atoms with Crippen molar-refractivity contribution < 1.29 is 22.7 Å². The van der Waals surface area contributed by atoms with Crippen LogP contribution in [0.4, 0.5) is 5.69 Å². The van der Waals surface area contributed by atoms with Crippen LogP contribution in [-0.2, 0) is 26.1 Å². The fraction of sp³-hybridized carbons (Fsp3) is 0.217. The van der Waals surface area contributed by atoms with Crippen molar-refractivity contribution in [3.05, 3.63) is 82.0 Å². The summed E-state index contributed by atoms with van der Waals surface area (Å²) < 4.78 is 31.9. The van der Waals surface area contributed by atoms with Crippen molar-refractivity contribution in [3.8, 4) is 0 Å². The summed E-state index contributed by atoms with van der Waals surface area (Å²) >= 11 is 1.55. The molecule has 0 spiro atoms. The quantitative estimate of drug-likeness (QED) is 0.467. The van der Waals surface area contributed by atoms with E-state index in [-0.39, 0.29) is 23.0 Å². The van der Waals surface area contributed by atoms with Crippen LogP contribution >= 0.6 is 11.3 Å². The standard InChI is InChI=1S/C23H24N2O5S2/c1-17-6-12-21(13-7-17)32(28,29)25(3)19-10-8-18(9-11-19)23(27)30-16-22(26)24(2)15-20-5-4-14-31-20/h4-14H,15-16H2,1-3H3. The third-order valence-electron chi connectivity index (χ3n) is 4.87. The molecule has 9 heteroatoms. The second-order valence-electron chi connectivity index (χ2n) is 7.24. The molecule has 32 heavy (non-hydrogen) atoms. The monoisotopic (exact) mass is 472 g/mol. The summed E-state index contributed by atoms with van der Waals surface area (Å²) in [6.07, 6.45) is 0. The number of sulfonamides is 1. The number of carbonyl (C=O) groups excluding carboxylic acids is 2. The molecule has 0 saturated carbocycles. The van der Waals surface area contributed by atoms with Crippen molar-refractivity contribution in [2.24, 2.45) is 0 Å². The highest BCUT2D eigenvalue weighted by molar-refractivity contribution is 7.92. The number of thiophene rings is 1. The topological polar surface area (TPSA) is 84.0 Å². The fourth-order valence-electron chi connectivity index (χ4n) is 2.86. The van der Waals surface area contributed by atoms with Gasteiger partial charge < -0.3 is 9.64 Å². The molecule has 0 radical (unpaired) electrons.